The van der Waals surface area contributed by atoms with E-state index in [0.29, 0.717) is 21.2 Å². The highest BCUT2D eigenvalue weighted by atomic mass is 32.2. The van der Waals surface area contributed by atoms with Gasteiger partial charge in [-0.25, -0.2) is 13.6 Å². The van der Waals surface area contributed by atoms with Gasteiger partial charge in [0.25, 0.3) is 0 Å². The molecule has 3 aromatic rings. The zero-order valence-corrected chi connectivity index (χ0v) is 22.0. The monoisotopic (exact) mass is 576 g/mol. The zero-order chi connectivity index (χ0) is 27.4. The lowest BCUT2D eigenvalue weighted by Gasteiger charge is -2.31. The SMILES string of the molecule is COc1cc(C2c3sc(=O)n(CC(=O)Nc4ccc(S(N)(=O)=O)cc4)c3SC3C(=O)NC(=O)C32)ccc1O. The van der Waals surface area contributed by atoms with Crippen LogP contribution < -0.4 is 25.4 Å². The van der Waals surface area contributed by atoms with Gasteiger partial charge in [0.05, 0.1) is 22.9 Å². The molecule has 0 aliphatic carbocycles. The number of thioether (sulfide) groups is 1. The van der Waals surface area contributed by atoms with Crippen molar-refractivity contribution in [2.24, 2.45) is 11.1 Å². The average Bonchev–Trinajstić information content (AvgIpc) is 3.32. The molecular weight excluding hydrogens is 556 g/mol. The number of phenolic OH excluding ortho intramolecular Hbond substituents is 1. The summed E-state index contributed by atoms with van der Waals surface area (Å²) in [6.45, 7) is -0.382. The summed E-state index contributed by atoms with van der Waals surface area (Å²) in [5, 5.41) is 19.6. The summed E-state index contributed by atoms with van der Waals surface area (Å²) < 4.78 is 29.3. The number of fused-ring (bicyclic) bond motifs is 2. The standard InChI is InChI=1S/C23H20N4O8S3/c1-35-14-8-10(2-7-13(14)28)16-17-18(21(31)26-20(17)30)36-22-19(16)37-23(32)27(22)9-15(29)25-11-3-5-12(6-4-11)38(24,33)34/h2-8,16-18,28H,9H2,1H3,(H,25,29)(H2,24,33,34)(H,26,30,31). The van der Waals surface area contributed by atoms with Gasteiger partial charge >= 0.3 is 4.87 Å². The van der Waals surface area contributed by atoms with Gasteiger partial charge in [0.15, 0.2) is 11.5 Å². The number of phenols is 1. The molecule has 15 heteroatoms. The largest absolute Gasteiger partial charge is 0.504 e. The van der Waals surface area contributed by atoms with E-state index in [1.165, 1.54) is 42.0 Å². The molecule has 3 amide bonds. The van der Waals surface area contributed by atoms with Gasteiger partial charge in [-0.1, -0.05) is 29.2 Å². The van der Waals surface area contributed by atoms with Crippen molar-refractivity contribution in [1.29, 1.82) is 0 Å². The van der Waals surface area contributed by atoms with Crippen LogP contribution >= 0.6 is 23.1 Å². The Bertz CT molecular complexity index is 1650. The molecule has 2 aromatic carbocycles. The number of amides is 3. The van der Waals surface area contributed by atoms with E-state index in [1.54, 1.807) is 12.1 Å². The number of imide groups is 1. The van der Waals surface area contributed by atoms with Crippen LogP contribution in [0.4, 0.5) is 5.69 Å². The summed E-state index contributed by atoms with van der Waals surface area (Å²) in [7, 11) is -2.51. The number of anilines is 1. The Labute approximate surface area is 223 Å². The molecule has 2 aliphatic rings. The fraction of sp³-hybridized carbons (Fsp3) is 0.217. The number of rotatable bonds is 6. The number of hydrogen-bond acceptors (Lipinski definition) is 10. The predicted octanol–water partition coefficient (Wildman–Crippen LogP) is 0.789. The van der Waals surface area contributed by atoms with Crippen molar-refractivity contribution < 1.29 is 32.6 Å². The van der Waals surface area contributed by atoms with Gasteiger partial charge in [0, 0.05) is 16.5 Å². The number of sulfonamides is 1. The summed E-state index contributed by atoms with van der Waals surface area (Å²) in [5.41, 5.74) is 0.857. The number of thiazole rings is 1. The van der Waals surface area contributed by atoms with Gasteiger partial charge in [-0.2, -0.15) is 0 Å². The molecule has 38 heavy (non-hydrogen) atoms. The maximum atomic E-state index is 13.0. The minimum atomic E-state index is -3.89. The first-order valence-electron chi connectivity index (χ1n) is 11.0. The first kappa shape index (κ1) is 26.0. The van der Waals surface area contributed by atoms with Crippen LogP contribution in [-0.2, 0) is 31.0 Å². The number of nitrogens with two attached hydrogens (primary N) is 1. The lowest BCUT2D eigenvalue weighted by Crippen LogP contribution is -2.32. The van der Waals surface area contributed by atoms with E-state index < -0.39 is 49.7 Å². The molecule has 1 aromatic heterocycles. The number of carbonyl (C=O) groups excluding carboxylic acids is 3. The number of ether oxygens (including phenoxy) is 1. The van der Waals surface area contributed by atoms with Crippen molar-refractivity contribution in [3.8, 4) is 11.5 Å². The molecule has 0 radical (unpaired) electrons. The first-order chi connectivity index (χ1) is 18.0. The Morgan fingerprint density at radius 2 is 1.87 bits per heavy atom. The first-order valence-corrected chi connectivity index (χ1v) is 14.3. The third kappa shape index (κ3) is 4.57. The van der Waals surface area contributed by atoms with Gasteiger partial charge in [0.1, 0.15) is 11.8 Å². The molecule has 5 rings (SSSR count). The van der Waals surface area contributed by atoms with E-state index in [0.717, 1.165) is 23.1 Å². The van der Waals surface area contributed by atoms with E-state index in [9.17, 15) is 32.7 Å². The smallest absolute Gasteiger partial charge is 0.308 e. The van der Waals surface area contributed by atoms with Crippen LogP contribution in [0, 0.1) is 5.92 Å². The van der Waals surface area contributed by atoms with Crippen molar-refractivity contribution in [3.05, 3.63) is 62.6 Å². The molecule has 1 fully saturated rings. The lowest BCUT2D eigenvalue weighted by molar-refractivity contribution is -0.126. The minimum absolute atomic E-state index is 0.107. The number of benzene rings is 2. The number of aromatic nitrogens is 1. The number of aromatic hydroxyl groups is 1. The minimum Gasteiger partial charge on any atom is -0.504 e. The maximum Gasteiger partial charge on any atom is 0.308 e. The topological polar surface area (TPSA) is 187 Å². The second kappa shape index (κ2) is 9.58. The average molecular weight is 577 g/mol. The van der Waals surface area contributed by atoms with E-state index in [4.69, 9.17) is 9.88 Å². The van der Waals surface area contributed by atoms with Crippen LogP contribution in [-0.4, -0.2) is 48.2 Å². The molecule has 0 bridgehead atoms. The maximum absolute atomic E-state index is 13.0. The highest BCUT2D eigenvalue weighted by molar-refractivity contribution is 8.00. The molecule has 198 valence electrons. The molecular formula is C23H20N4O8S3. The fourth-order valence-electron chi connectivity index (χ4n) is 4.49. The number of primary sulfonamides is 1. The van der Waals surface area contributed by atoms with Gasteiger partial charge in [-0.15, -0.1) is 0 Å². The molecule has 3 unspecified atom stereocenters. The molecule has 3 heterocycles. The number of carbonyl (C=O) groups is 3. The number of methoxy groups -OCH3 is 1. The third-order valence-electron chi connectivity index (χ3n) is 6.22. The van der Waals surface area contributed by atoms with Crippen molar-refractivity contribution >= 4 is 56.5 Å². The Balaban J connectivity index is 1.50. The zero-order valence-electron chi connectivity index (χ0n) is 19.5. The molecule has 0 spiro atoms. The predicted molar refractivity (Wildman–Crippen MR) is 138 cm³/mol. The normalized spacial score (nSPS) is 20.4. The quantitative estimate of drug-likeness (QED) is 0.308. The highest BCUT2D eigenvalue weighted by Crippen LogP contribution is 2.52. The summed E-state index contributed by atoms with van der Waals surface area (Å²) >= 11 is 1.92. The van der Waals surface area contributed by atoms with Crippen LogP contribution in [0.15, 0.2) is 57.2 Å². The van der Waals surface area contributed by atoms with E-state index in [2.05, 4.69) is 10.6 Å². The molecule has 1 saturated heterocycles. The van der Waals surface area contributed by atoms with Crippen LogP contribution in [0.5, 0.6) is 11.5 Å². The Hall–Kier alpha value is -3.66. The van der Waals surface area contributed by atoms with Gasteiger partial charge in [0.2, 0.25) is 27.7 Å². The second-order valence-electron chi connectivity index (χ2n) is 8.57. The van der Waals surface area contributed by atoms with Crippen molar-refractivity contribution in [2.75, 3.05) is 12.4 Å². The van der Waals surface area contributed by atoms with Crippen LogP contribution in [0.3, 0.4) is 0 Å². The van der Waals surface area contributed by atoms with E-state index >= 15 is 0 Å². The fourth-order valence-corrected chi connectivity index (χ4v) is 7.75. The van der Waals surface area contributed by atoms with Crippen molar-refractivity contribution in [1.82, 2.24) is 9.88 Å². The number of nitrogens with one attached hydrogen (secondary N) is 2. The van der Waals surface area contributed by atoms with E-state index in [1.807, 2.05) is 0 Å². The molecule has 5 N–H and O–H groups in total. The summed E-state index contributed by atoms with van der Waals surface area (Å²) in [5.74, 6) is -2.95. The highest BCUT2D eigenvalue weighted by Gasteiger charge is 2.53. The van der Waals surface area contributed by atoms with Crippen LogP contribution in [0.2, 0.25) is 0 Å². The second-order valence-corrected chi connectivity index (χ2v) is 12.3. The molecule has 12 nitrogen and oxygen atoms in total. The van der Waals surface area contributed by atoms with Gasteiger partial charge < -0.3 is 15.2 Å². The lowest BCUT2D eigenvalue weighted by atomic mass is 9.83. The van der Waals surface area contributed by atoms with Crippen molar-refractivity contribution in [2.45, 2.75) is 27.6 Å². The van der Waals surface area contributed by atoms with Crippen LogP contribution in [0.1, 0.15) is 16.4 Å². The van der Waals surface area contributed by atoms with Crippen LogP contribution in [0.25, 0.3) is 0 Å². The molecule has 3 atom stereocenters. The third-order valence-corrected chi connectivity index (χ3v) is 9.76. The van der Waals surface area contributed by atoms with Crippen molar-refractivity contribution in [3.63, 3.8) is 0 Å². The molecule has 0 saturated carbocycles. The summed E-state index contributed by atoms with van der Waals surface area (Å²) in [4.78, 5) is 51.2. The van der Waals surface area contributed by atoms with E-state index in [-0.39, 0.29) is 22.9 Å². The number of nitrogens with zero attached hydrogens (tertiary/aromatic N) is 1. The van der Waals surface area contributed by atoms with Gasteiger partial charge in [-0.3, -0.25) is 29.1 Å². The molecule has 2 aliphatic heterocycles. The van der Waals surface area contributed by atoms with Gasteiger partial charge in [-0.05, 0) is 42.0 Å². The Morgan fingerprint density at radius 3 is 2.53 bits per heavy atom. The number of hydrogen-bond donors (Lipinski definition) is 4. The summed E-state index contributed by atoms with van der Waals surface area (Å²) in [6.07, 6.45) is 0. The Morgan fingerprint density at radius 1 is 1.16 bits per heavy atom. The summed E-state index contributed by atoms with van der Waals surface area (Å²) in [6, 6.07) is 9.78. The Kier molecular flexibility index (Phi) is 6.54.